The highest BCUT2D eigenvalue weighted by Crippen LogP contribution is 2.26. The standard InChI is InChI=1S/C16H22N4O/c1-11-8-19-14(10-21)9-20(11)12(2)13-3-4-15-16(7-13)18-6-5-17-15/h3-7,11-12,14,19,21H,8-10H2,1-2H3/t11-,12?,14-/m1/s1. The molecule has 0 aliphatic carbocycles. The predicted molar refractivity (Wildman–Crippen MR) is 83.0 cm³/mol. The third kappa shape index (κ3) is 2.90. The highest BCUT2D eigenvalue weighted by molar-refractivity contribution is 5.74. The van der Waals surface area contributed by atoms with Gasteiger partial charge in [-0.05, 0) is 31.5 Å². The topological polar surface area (TPSA) is 61.3 Å². The highest BCUT2D eigenvalue weighted by Gasteiger charge is 2.28. The second kappa shape index (κ2) is 6.05. The molecule has 1 unspecified atom stereocenters. The molecule has 2 heterocycles. The number of hydrogen-bond acceptors (Lipinski definition) is 5. The molecule has 2 N–H and O–H groups in total. The molecule has 5 heteroatoms. The molecule has 21 heavy (non-hydrogen) atoms. The molecule has 1 saturated heterocycles. The molecule has 0 saturated carbocycles. The van der Waals surface area contributed by atoms with E-state index in [0.29, 0.717) is 12.1 Å². The number of nitrogens with zero attached hydrogens (tertiary/aromatic N) is 3. The largest absolute Gasteiger partial charge is 0.395 e. The van der Waals surface area contributed by atoms with Crippen LogP contribution in [0.3, 0.4) is 0 Å². The van der Waals surface area contributed by atoms with Crippen molar-refractivity contribution in [2.75, 3.05) is 19.7 Å². The summed E-state index contributed by atoms with van der Waals surface area (Å²) < 4.78 is 0. The smallest absolute Gasteiger partial charge is 0.0890 e. The van der Waals surface area contributed by atoms with Crippen molar-refractivity contribution < 1.29 is 5.11 Å². The summed E-state index contributed by atoms with van der Waals surface area (Å²) in [5, 5.41) is 12.8. The van der Waals surface area contributed by atoms with E-state index in [1.165, 1.54) is 5.56 Å². The van der Waals surface area contributed by atoms with E-state index in [2.05, 4.69) is 46.2 Å². The molecular formula is C16H22N4O. The number of piperazine rings is 1. The summed E-state index contributed by atoms with van der Waals surface area (Å²) in [6.07, 6.45) is 3.45. The minimum Gasteiger partial charge on any atom is -0.395 e. The van der Waals surface area contributed by atoms with Crippen LogP contribution in [0.5, 0.6) is 0 Å². The van der Waals surface area contributed by atoms with Gasteiger partial charge in [0.15, 0.2) is 0 Å². The Balaban J connectivity index is 1.86. The zero-order valence-corrected chi connectivity index (χ0v) is 12.5. The van der Waals surface area contributed by atoms with E-state index >= 15 is 0 Å². The monoisotopic (exact) mass is 286 g/mol. The van der Waals surface area contributed by atoms with E-state index < -0.39 is 0 Å². The molecule has 1 aromatic heterocycles. The molecule has 0 bridgehead atoms. The Kier molecular flexibility index (Phi) is 4.14. The number of aromatic nitrogens is 2. The van der Waals surface area contributed by atoms with Crippen LogP contribution in [0.4, 0.5) is 0 Å². The third-order valence-corrected chi connectivity index (χ3v) is 4.39. The van der Waals surface area contributed by atoms with Crippen LogP contribution in [0.1, 0.15) is 25.5 Å². The van der Waals surface area contributed by atoms with E-state index in [9.17, 15) is 5.11 Å². The maximum atomic E-state index is 9.38. The van der Waals surface area contributed by atoms with Gasteiger partial charge in [-0.2, -0.15) is 0 Å². The zero-order valence-electron chi connectivity index (χ0n) is 12.5. The maximum Gasteiger partial charge on any atom is 0.0890 e. The number of aliphatic hydroxyl groups is 1. The summed E-state index contributed by atoms with van der Waals surface area (Å²) in [7, 11) is 0. The molecule has 0 amide bonds. The Morgan fingerprint density at radius 3 is 2.86 bits per heavy atom. The molecule has 112 valence electrons. The summed E-state index contributed by atoms with van der Waals surface area (Å²) in [6.45, 7) is 6.38. The number of nitrogens with one attached hydrogen (secondary N) is 1. The molecule has 1 aliphatic heterocycles. The summed E-state index contributed by atoms with van der Waals surface area (Å²) >= 11 is 0. The van der Waals surface area contributed by atoms with Crippen molar-refractivity contribution in [2.24, 2.45) is 0 Å². The van der Waals surface area contributed by atoms with Crippen molar-refractivity contribution in [1.82, 2.24) is 20.2 Å². The van der Waals surface area contributed by atoms with E-state index in [4.69, 9.17) is 0 Å². The van der Waals surface area contributed by atoms with Gasteiger partial charge in [0.25, 0.3) is 0 Å². The Labute approximate surface area is 125 Å². The summed E-state index contributed by atoms with van der Waals surface area (Å²) in [4.78, 5) is 11.1. The van der Waals surface area contributed by atoms with Gasteiger partial charge in [0.2, 0.25) is 0 Å². The number of fused-ring (bicyclic) bond motifs is 1. The molecule has 0 radical (unpaired) electrons. The Morgan fingerprint density at radius 2 is 2.10 bits per heavy atom. The van der Waals surface area contributed by atoms with Crippen LogP contribution in [0.15, 0.2) is 30.6 Å². The molecule has 1 aliphatic rings. The average Bonchev–Trinajstić information content (AvgIpc) is 2.54. The van der Waals surface area contributed by atoms with Gasteiger partial charge in [-0.3, -0.25) is 14.9 Å². The van der Waals surface area contributed by atoms with Gasteiger partial charge in [0.05, 0.1) is 17.6 Å². The lowest BCUT2D eigenvalue weighted by Crippen LogP contribution is -2.57. The van der Waals surface area contributed by atoms with Crippen LogP contribution in [0.25, 0.3) is 11.0 Å². The Bertz CT molecular complexity index is 618. The number of benzene rings is 1. The normalized spacial score (nSPS) is 25.1. The molecule has 3 atom stereocenters. The summed E-state index contributed by atoms with van der Waals surface area (Å²) in [5.74, 6) is 0. The van der Waals surface area contributed by atoms with Crippen molar-refractivity contribution >= 4 is 11.0 Å². The summed E-state index contributed by atoms with van der Waals surface area (Å²) in [6, 6.07) is 7.18. The number of aliphatic hydroxyl groups excluding tert-OH is 1. The first-order chi connectivity index (χ1) is 10.2. The first-order valence-electron chi connectivity index (χ1n) is 7.49. The van der Waals surface area contributed by atoms with Crippen molar-refractivity contribution in [3.8, 4) is 0 Å². The van der Waals surface area contributed by atoms with Crippen LogP contribution < -0.4 is 5.32 Å². The average molecular weight is 286 g/mol. The SMILES string of the molecule is CC(c1ccc2nccnc2c1)N1C[C@H](CO)NC[C@H]1C. The van der Waals surface area contributed by atoms with Gasteiger partial charge < -0.3 is 10.4 Å². The third-order valence-electron chi connectivity index (χ3n) is 4.39. The molecule has 1 aromatic carbocycles. The lowest BCUT2D eigenvalue weighted by molar-refractivity contribution is 0.0768. The first-order valence-corrected chi connectivity index (χ1v) is 7.49. The van der Waals surface area contributed by atoms with Crippen molar-refractivity contribution in [3.05, 3.63) is 36.2 Å². The second-order valence-electron chi connectivity index (χ2n) is 5.81. The van der Waals surface area contributed by atoms with Crippen LogP contribution in [0, 0.1) is 0 Å². The molecule has 0 spiro atoms. The molecule has 1 fully saturated rings. The maximum absolute atomic E-state index is 9.38. The van der Waals surface area contributed by atoms with Gasteiger partial charge in [-0.25, -0.2) is 0 Å². The van der Waals surface area contributed by atoms with Crippen molar-refractivity contribution in [2.45, 2.75) is 32.0 Å². The zero-order chi connectivity index (χ0) is 14.8. The Morgan fingerprint density at radius 1 is 1.33 bits per heavy atom. The fourth-order valence-electron chi connectivity index (χ4n) is 3.05. The van der Waals surface area contributed by atoms with Gasteiger partial charge in [-0.15, -0.1) is 0 Å². The number of hydrogen-bond donors (Lipinski definition) is 2. The minimum atomic E-state index is 0.156. The molecule has 5 nitrogen and oxygen atoms in total. The van der Waals surface area contributed by atoms with E-state index in [-0.39, 0.29) is 12.6 Å². The van der Waals surface area contributed by atoms with Crippen LogP contribution in [0.2, 0.25) is 0 Å². The molecule has 2 aromatic rings. The van der Waals surface area contributed by atoms with E-state index in [0.717, 1.165) is 24.1 Å². The first kappa shape index (κ1) is 14.4. The fourth-order valence-corrected chi connectivity index (χ4v) is 3.05. The van der Waals surface area contributed by atoms with Gasteiger partial charge >= 0.3 is 0 Å². The number of rotatable bonds is 3. The van der Waals surface area contributed by atoms with E-state index in [1.807, 2.05) is 6.07 Å². The highest BCUT2D eigenvalue weighted by atomic mass is 16.3. The lowest BCUT2D eigenvalue weighted by atomic mass is 10.0. The fraction of sp³-hybridized carbons (Fsp3) is 0.500. The summed E-state index contributed by atoms with van der Waals surface area (Å²) in [5.41, 5.74) is 3.10. The minimum absolute atomic E-state index is 0.156. The second-order valence-corrected chi connectivity index (χ2v) is 5.81. The van der Waals surface area contributed by atoms with Crippen LogP contribution >= 0.6 is 0 Å². The predicted octanol–water partition coefficient (Wildman–Crippen LogP) is 1.35. The Hall–Kier alpha value is -1.56. The van der Waals surface area contributed by atoms with Crippen LogP contribution in [-0.4, -0.2) is 51.8 Å². The van der Waals surface area contributed by atoms with Gasteiger partial charge in [0, 0.05) is 43.6 Å². The van der Waals surface area contributed by atoms with Gasteiger partial charge in [-0.1, -0.05) is 6.07 Å². The van der Waals surface area contributed by atoms with E-state index in [1.54, 1.807) is 12.4 Å². The van der Waals surface area contributed by atoms with Crippen molar-refractivity contribution in [1.29, 1.82) is 0 Å². The van der Waals surface area contributed by atoms with Gasteiger partial charge in [0.1, 0.15) is 0 Å². The lowest BCUT2D eigenvalue weighted by Gasteiger charge is -2.42. The van der Waals surface area contributed by atoms with Crippen LogP contribution in [-0.2, 0) is 0 Å². The van der Waals surface area contributed by atoms with Crippen molar-refractivity contribution in [3.63, 3.8) is 0 Å². The quantitative estimate of drug-likeness (QED) is 0.892. The molecular weight excluding hydrogens is 264 g/mol. The molecule has 3 rings (SSSR count).